The van der Waals surface area contributed by atoms with Crippen molar-refractivity contribution >= 4 is 10.9 Å². The highest BCUT2D eigenvalue weighted by Crippen LogP contribution is 2.28. The van der Waals surface area contributed by atoms with Crippen LogP contribution in [0.1, 0.15) is 24.2 Å². The summed E-state index contributed by atoms with van der Waals surface area (Å²) in [5.41, 5.74) is 11.4. The van der Waals surface area contributed by atoms with E-state index in [-0.39, 0.29) is 6.04 Å². The molecule has 3 rings (SSSR count). The zero-order valence-corrected chi connectivity index (χ0v) is 11.4. The van der Waals surface area contributed by atoms with Gasteiger partial charge in [0.2, 0.25) is 0 Å². The molecule has 0 fully saturated rings. The molecule has 0 aliphatic rings. The number of hydrogen-bond acceptors (Lipinski definition) is 2. The second kappa shape index (κ2) is 4.24. The van der Waals surface area contributed by atoms with Gasteiger partial charge in [-0.1, -0.05) is 12.1 Å². The van der Waals surface area contributed by atoms with Crippen molar-refractivity contribution in [3.05, 3.63) is 41.6 Å². The molecular weight excluding hydrogens is 236 g/mol. The second-order valence-electron chi connectivity index (χ2n) is 5.09. The Hall–Kier alpha value is -2.07. The average molecular weight is 254 g/mol. The molecule has 0 aliphatic heterocycles. The largest absolute Gasteiger partial charge is 0.342 e. The molecule has 2 heterocycles. The van der Waals surface area contributed by atoms with Gasteiger partial charge in [0.1, 0.15) is 5.69 Å². The monoisotopic (exact) mass is 254 g/mol. The van der Waals surface area contributed by atoms with Crippen molar-refractivity contribution in [1.29, 1.82) is 0 Å². The van der Waals surface area contributed by atoms with E-state index in [1.165, 1.54) is 16.5 Å². The summed E-state index contributed by atoms with van der Waals surface area (Å²) in [6.45, 7) is 4.08. The van der Waals surface area contributed by atoms with Crippen LogP contribution in [-0.4, -0.2) is 14.8 Å². The van der Waals surface area contributed by atoms with Crippen LogP contribution in [0.3, 0.4) is 0 Å². The van der Waals surface area contributed by atoms with Crippen molar-refractivity contribution in [3.63, 3.8) is 0 Å². The fourth-order valence-corrected chi connectivity index (χ4v) is 2.46. The Balaban J connectivity index is 2.19. The van der Waals surface area contributed by atoms with E-state index in [9.17, 15) is 0 Å². The van der Waals surface area contributed by atoms with E-state index in [1.54, 1.807) is 0 Å². The molecule has 4 heteroatoms. The van der Waals surface area contributed by atoms with Gasteiger partial charge in [0.15, 0.2) is 0 Å². The topological polar surface area (TPSA) is 59.6 Å². The number of aromatic nitrogens is 3. The number of hydrogen-bond donors (Lipinski definition) is 2. The Bertz CT molecular complexity index is 734. The number of nitrogens with two attached hydrogens (primary N) is 1. The Morgan fingerprint density at radius 2 is 2.11 bits per heavy atom. The summed E-state index contributed by atoms with van der Waals surface area (Å²) in [7, 11) is 2.07. The molecule has 3 aromatic rings. The van der Waals surface area contributed by atoms with Crippen molar-refractivity contribution in [2.24, 2.45) is 12.8 Å². The Kier molecular flexibility index (Phi) is 2.68. The number of aromatic amines is 1. The fourth-order valence-electron chi connectivity index (χ4n) is 2.46. The molecule has 0 spiro atoms. The Morgan fingerprint density at radius 3 is 2.74 bits per heavy atom. The van der Waals surface area contributed by atoms with Crippen LogP contribution >= 0.6 is 0 Å². The number of rotatable bonds is 2. The lowest BCUT2D eigenvalue weighted by Gasteiger charge is -2.01. The predicted octanol–water partition coefficient (Wildman–Crippen LogP) is 2.90. The van der Waals surface area contributed by atoms with Crippen LogP contribution in [0.5, 0.6) is 0 Å². The molecule has 0 saturated heterocycles. The number of benzene rings is 1. The maximum absolute atomic E-state index is 5.86. The van der Waals surface area contributed by atoms with E-state index in [2.05, 4.69) is 53.0 Å². The SMILES string of the molecule is Cc1cccc2c1cc(-c1cc([C@H](C)N)[nH]n1)n2C. The highest BCUT2D eigenvalue weighted by atomic mass is 15.1. The molecule has 0 unspecified atom stereocenters. The molecule has 1 atom stereocenters. The summed E-state index contributed by atoms with van der Waals surface area (Å²) in [5.74, 6) is 0. The van der Waals surface area contributed by atoms with Gasteiger partial charge >= 0.3 is 0 Å². The van der Waals surface area contributed by atoms with Gasteiger partial charge in [-0.15, -0.1) is 0 Å². The van der Waals surface area contributed by atoms with Crippen molar-refractivity contribution < 1.29 is 0 Å². The van der Waals surface area contributed by atoms with Gasteiger partial charge in [-0.2, -0.15) is 5.10 Å². The molecule has 4 nitrogen and oxygen atoms in total. The maximum atomic E-state index is 5.86. The van der Waals surface area contributed by atoms with E-state index in [1.807, 2.05) is 13.0 Å². The van der Waals surface area contributed by atoms with Crippen molar-refractivity contribution in [2.75, 3.05) is 0 Å². The zero-order chi connectivity index (χ0) is 13.6. The maximum Gasteiger partial charge on any atom is 0.109 e. The standard InChI is InChI=1S/C15H18N4/c1-9-5-4-6-14-11(9)7-15(19(14)3)13-8-12(10(2)16)17-18-13/h4-8,10H,16H2,1-3H3,(H,17,18)/t10-/m0/s1. The molecule has 0 saturated carbocycles. The summed E-state index contributed by atoms with van der Waals surface area (Å²) in [6, 6.07) is 10.5. The van der Waals surface area contributed by atoms with E-state index < -0.39 is 0 Å². The predicted molar refractivity (Wildman–Crippen MR) is 77.8 cm³/mol. The quantitative estimate of drug-likeness (QED) is 0.738. The molecule has 19 heavy (non-hydrogen) atoms. The Morgan fingerprint density at radius 1 is 1.32 bits per heavy atom. The third-order valence-electron chi connectivity index (χ3n) is 3.66. The molecule has 0 aliphatic carbocycles. The number of nitrogens with one attached hydrogen (secondary N) is 1. The summed E-state index contributed by atoms with van der Waals surface area (Å²) >= 11 is 0. The summed E-state index contributed by atoms with van der Waals surface area (Å²) in [4.78, 5) is 0. The van der Waals surface area contributed by atoms with Crippen molar-refractivity contribution in [2.45, 2.75) is 19.9 Å². The van der Waals surface area contributed by atoms with Gasteiger partial charge in [0.25, 0.3) is 0 Å². The van der Waals surface area contributed by atoms with E-state index in [0.29, 0.717) is 0 Å². The second-order valence-corrected chi connectivity index (χ2v) is 5.09. The highest BCUT2D eigenvalue weighted by molar-refractivity contribution is 5.88. The molecule has 0 amide bonds. The fraction of sp³-hybridized carbons (Fsp3) is 0.267. The molecule has 2 aromatic heterocycles. The van der Waals surface area contributed by atoms with Gasteiger partial charge < -0.3 is 10.3 Å². The van der Waals surface area contributed by atoms with Gasteiger partial charge in [-0.3, -0.25) is 5.10 Å². The molecule has 98 valence electrons. The normalized spacial score (nSPS) is 13.1. The van der Waals surface area contributed by atoms with E-state index in [0.717, 1.165) is 17.1 Å². The Labute approximate surface area is 112 Å². The van der Waals surface area contributed by atoms with E-state index in [4.69, 9.17) is 5.73 Å². The molecule has 3 N–H and O–H groups in total. The first-order chi connectivity index (χ1) is 9.08. The van der Waals surface area contributed by atoms with Gasteiger partial charge in [0, 0.05) is 24.0 Å². The minimum atomic E-state index is -0.0299. The molecular formula is C15H18N4. The van der Waals surface area contributed by atoms with Gasteiger partial charge in [-0.05, 0) is 37.6 Å². The number of aryl methyl sites for hydroxylation is 2. The van der Waals surface area contributed by atoms with E-state index >= 15 is 0 Å². The molecule has 1 aromatic carbocycles. The summed E-state index contributed by atoms with van der Waals surface area (Å²) in [6.07, 6.45) is 0. The number of H-pyrrole nitrogens is 1. The minimum absolute atomic E-state index is 0.0299. The third-order valence-corrected chi connectivity index (χ3v) is 3.66. The number of fused-ring (bicyclic) bond motifs is 1. The lowest BCUT2D eigenvalue weighted by molar-refractivity contribution is 0.772. The van der Waals surface area contributed by atoms with Gasteiger partial charge in [0.05, 0.1) is 11.4 Å². The highest BCUT2D eigenvalue weighted by Gasteiger charge is 2.13. The van der Waals surface area contributed by atoms with Crippen LogP contribution < -0.4 is 5.73 Å². The average Bonchev–Trinajstić information content (AvgIpc) is 2.96. The van der Waals surface area contributed by atoms with Crippen molar-refractivity contribution in [3.8, 4) is 11.4 Å². The van der Waals surface area contributed by atoms with Crippen LogP contribution in [0.15, 0.2) is 30.3 Å². The van der Waals surface area contributed by atoms with Crippen LogP contribution in [0.4, 0.5) is 0 Å². The first-order valence-corrected chi connectivity index (χ1v) is 6.44. The van der Waals surface area contributed by atoms with Crippen LogP contribution in [0, 0.1) is 6.92 Å². The molecule has 0 radical (unpaired) electrons. The van der Waals surface area contributed by atoms with Crippen molar-refractivity contribution in [1.82, 2.24) is 14.8 Å². The smallest absolute Gasteiger partial charge is 0.109 e. The number of nitrogens with zero attached hydrogens (tertiary/aromatic N) is 2. The van der Waals surface area contributed by atoms with Gasteiger partial charge in [-0.25, -0.2) is 0 Å². The molecule has 0 bridgehead atoms. The van der Waals surface area contributed by atoms with Crippen LogP contribution in [0.2, 0.25) is 0 Å². The third kappa shape index (κ3) is 1.85. The summed E-state index contributed by atoms with van der Waals surface area (Å²) < 4.78 is 2.17. The van der Waals surface area contributed by atoms with Crippen LogP contribution in [0.25, 0.3) is 22.3 Å². The first-order valence-electron chi connectivity index (χ1n) is 6.44. The van der Waals surface area contributed by atoms with Crippen LogP contribution in [-0.2, 0) is 7.05 Å². The lowest BCUT2D eigenvalue weighted by Crippen LogP contribution is -2.04. The first kappa shape index (κ1) is 12.0. The zero-order valence-electron chi connectivity index (χ0n) is 11.4. The lowest BCUT2D eigenvalue weighted by atomic mass is 10.1. The minimum Gasteiger partial charge on any atom is -0.342 e. The summed E-state index contributed by atoms with van der Waals surface area (Å²) in [5, 5.41) is 8.64.